The van der Waals surface area contributed by atoms with Crippen LogP contribution >= 0.6 is 0 Å². The van der Waals surface area contributed by atoms with Crippen molar-refractivity contribution in [2.45, 2.75) is 32.9 Å². The normalized spacial score (nSPS) is 12.9. The summed E-state index contributed by atoms with van der Waals surface area (Å²) in [4.78, 5) is 13.0. The molecule has 3 aromatic carbocycles. The van der Waals surface area contributed by atoms with Crippen molar-refractivity contribution in [1.82, 2.24) is 5.32 Å². The molecule has 2 atom stereocenters. The zero-order chi connectivity index (χ0) is 24.7. The van der Waals surface area contributed by atoms with Gasteiger partial charge in [0.2, 0.25) is 15.9 Å². The van der Waals surface area contributed by atoms with E-state index in [2.05, 4.69) is 5.32 Å². The molecule has 0 aliphatic carbocycles. The Bertz CT molecular complexity index is 1180. The summed E-state index contributed by atoms with van der Waals surface area (Å²) in [5, 5.41) is 2.90. The number of carbonyl (C=O) groups is 1. The quantitative estimate of drug-likeness (QED) is 0.444. The Hall–Kier alpha value is -3.52. The van der Waals surface area contributed by atoms with E-state index < -0.39 is 22.0 Å². The van der Waals surface area contributed by atoms with Crippen molar-refractivity contribution < 1.29 is 22.7 Å². The zero-order valence-corrected chi connectivity index (χ0v) is 20.6. The van der Waals surface area contributed by atoms with Gasteiger partial charge in [0.1, 0.15) is 23.3 Å². The molecule has 0 radical (unpaired) electrons. The van der Waals surface area contributed by atoms with Crippen molar-refractivity contribution in [3.63, 3.8) is 0 Å². The number of rotatable bonds is 10. The van der Waals surface area contributed by atoms with E-state index >= 15 is 0 Å². The Morgan fingerprint density at radius 1 is 0.882 bits per heavy atom. The van der Waals surface area contributed by atoms with E-state index in [1.54, 1.807) is 31.2 Å². The Kier molecular flexibility index (Phi) is 8.17. The molecule has 0 saturated carbocycles. The number of amides is 1. The maximum atomic E-state index is 13.0. The second kappa shape index (κ2) is 11.1. The highest BCUT2D eigenvalue weighted by atomic mass is 32.2. The minimum atomic E-state index is -3.73. The predicted octanol–water partition coefficient (Wildman–Crippen LogP) is 4.91. The number of sulfonamides is 1. The maximum Gasteiger partial charge on any atom is 0.244 e. The van der Waals surface area contributed by atoms with E-state index in [0.29, 0.717) is 23.8 Å². The molecule has 8 heteroatoms. The van der Waals surface area contributed by atoms with Crippen molar-refractivity contribution in [1.29, 1.82) is 0 Å². The van der Waals surface area contributed by atoms with Crippen molar-refractivity contribution in [2.24, 2.45) is 0 Å². The van der Waals surface area contributed by atoms with Crippen molar-refractivity contribution in [3.05, 3.63) is 84.4 Å². The number of para-hydroxylation sites is 1. The molecule has 0 saturated heterocycles. The summed E-state index contributed by atoms with van der Waals surface area (Å²) in [6.45, 7) is 5.90. The van der Waals surface area contributed by atoms with Crippen molar-refractivity contribution in [3.8, 4) is 17.2 Å². The first-order valence-corrected chi connectivity index (χ1v) is 12.9. The number of hydrogen-bond acceptors (Lipinski definition) is 5. The van der Waals surface area contributed by atoms with Crippen LogP contribution in [0.1, 0.15) is 32.4 Å². The van der Waals surface area contributed by atoms with E-state index in [1.165, 1.54) is 0 Å². The van der Waals surface area contributed by atoms with Gasteiger partial charge in [-0.3, -0.25) is 9.10 Å². The average Bonchev–Trinajstić information content (AvgIpc) is 2.80. The van der Waals surface area contributed by atoms with Crippen molar-refractivity contribution in [2.75, 3.05) is 17.2 Å². The average molecular weight is 483 g/mol. The van der Waals surface area contributed by atoms with Gasteiger partial charge in [-0.15, -0.1) is 0 Å². The smallest absolute Gasteiger partial charge is 0.244 e. The summed E-state index contributed by atoms with van der Waals surface area (Å²) in [5.74, 6) is 1.58. The summed E-state index contributed by atoms with van der Waals surface area (Å²) in [6, 6.07) is 22.0. The van der Waals surface area contributed by atoms with E-state index in [4.69, 9.17) is 9.47 Å². The van der Waals surface area contributed by atoms with Crippen LogP contribution in [0.25, 0.3) is 0 Å². The van der Waals surface area contributed by atoms with Gasteiger partial charge in [0.15, 0.2) is 0 Å². The van der Waals surface area contributed by atoms with Crippen LogP contribution in [0.4, 0.5) is 5.69 Å². The van der Waals surface area contributed by atoms with Gasteiger partial charge in [0.05, 0.1) is 24.6 Å². The molecule has 0 fully saturated rings. The van der Waals surface area contributed by atoms with Crippen LogP contribution < -0.4 is 19.1 Å². The molecule has 0 bridgehead atoms. The van der Waals surface area contributed by atoms with Crippen LogP contribution in [-0.4, -0.2) is 33.2 Å². The molecule has 0 spiro atoms. The zero-order valence-electron chi connectivity index (χ0n) is 19.8. The minimum absolute atomic E-state index is 0.311. The topological polar surface area (TPSA) is 84.9 Å². The molecule has 0 aliphatic heterocycles. The molecule has 0 aromatic heterocycles. The van der Waals surface area contributed by atoms with Gasteiger partial charge in [0, 0.05) is 0 Å². The lowest BCUT2D eigenvalue weighted by molar-refractivity contribution is -0.122. The fourth-order valence-electron chi connectivity index (χ4n) is 3.53. The molecule has 1 amide bonds. The van der Waals surface area contributed by atoms with E-state index in [0.717, 1.165) is 21.9 Å². The summed E-state index contributed by atoms with van der Waals surface area (Å²) in [7, 11) is -3.73. The first-order chi connectivity index (χ1) is 16.2. The maximum absolute atomic E-state index is 13.0. The minimum Gasteiger partial charge on any atom is -0.494 e. The lowest BCUT2D eigenvalue weighted by Gasteiger charge is -2.29. The number of nitrogens with one attached hydrogen (secondary N) is 1. The molecular formula is C26H30N2O5S. The Labute approximate surface area is 201 Å². The first kappa shape index (κ1) is 25.1. The first-order valence-electron chi connectivity index (χ1n) is 11.0. The molecule has 180 valence electrons. The summed E-state index contributed by atoms with van der Waals surface area (Å²) in [6.07, 6.45) is 1.08. The lowest BCUT2D eigenvalue weighted by Crippen LogP contribution is -2.48. The number of hydrogen-bond donors (Lipinski definition) is 1. The monoisotopic (exact) mass is 482 g/mol. The van der Waals surface area contributed by atoms with Gasteiger partial charge < -0.3 is 14.8 Å². The standard InChI is InChI=1S/C26H30N2O5S/c1-5-32-23-15-11-21(12-16-23)19(2)27-26(29)20(3)28(34(4,30)31)22-13-17-25(18-14-22)33-24-9-7-6-8-10-24/h6-20H,5H2,1-4H3,(H,27,29)/t19-,20-/m1/s1. The summed E-state index contributed by atoms with van der Waals surface area (Å²) in [5.41, 5.74) is 1.26. The Morgan fingerprint density at radius 2 is 1.44 bits per heavy atom. The van der Waals surface area contributed by atoms with Gasteiger partial charge in [-0.1, -0.05) is 30.3 Å². The molecular weight excluding hydrogens is 452 g/mol. The number of ether oxygens (including phenoxy) is 2. The van der Waals surface area contributed by atoms with Gasteiger partial charge in [0.25, 0.3) is 0 Å². The van der Waals surface area contributed by atoms with E-state index in [1.807, 2.05) is 68.4 Å². The molecule has 0 aliphatic rings. The van der Waals surface area contributed by atoms with E-state index in [-0.39, 0.29) is 6.04 Å². The fraction of sp³-hybridized carbons (Fsp3) is 0.269. The van der Waals surface area contributed by atoms with Crippen molar-refractivity contribution >= 4 is 21.6 Å². The number of anilines is 1. The van der Waals surface area contributed by atoms with Crippen LogP contribution in [-0.2, 0) is 14.8 Å². The number of benzene rings is 3. The highest BCUT2D eigenvalue weighted by Crippen LogP contribution is 2.27. The second-order valence-electron chi connectivity index (χ2n) is 7.88. The van der Waals surface area contributed by atoms with Crippen LogP contribution in [0.2, 0.25) is 0 Å². The molecule has 3 aromatic rings. The molecule has 34 heavy (non-hydrogen) atoms. The highest BCUT2D eigenvalue weighted by molar-refractivity contribution is 7.92. The van der Waals surface area contributed by atoms with Gasteiger partial charge in [-0.2, -0.15) is 0 Å². The molecule has 0 heterocycles. The summed E-state index contributed by atoms with van der Waals surface area (Å²) < 4.78 is 37.6. The molecule has 1 N–H and O–H groups in total. The molecule has 7 nitrogen and oxygen atoms in total. The molecule has 3 rings (SSSR count). The van der Waals surface area contributed by atoms with Crippen LogP contribution in [0.3, 0.4) is 0 Å². The highest BCUT2D eigenvalue weighted by Gasteiger charge is 2.30. The van der Waals surface area contributed by atoms with Gasteiger partial charge >= 0.3 is 0 Å². The third-order valence-corrected chi connectivity index (χ3v) is 6.45. The largest absolute Gasteiger partial charge is 0.494 e. The van der Waals surface area contributed by atoms with Gasteiger partial charge in [-0.25, -0.2) is 8.42 Å². The van der Waals surface area contributed by atoms with Crippen LogP contribution in [0.5, 0.6) is 17.2 Å². The summed E-state index contributed by atoms with van der Waals surface area (Å²) >= 11 is 0. The fourth-order valence-corrected chi connectivity index (χ4v) is 4.71. The van der Waals surface area contributed by atoms with Crippen LogP contribution in [0, 0.1) is 0 Å². The second-order valence-corrected chi connectivity index (χ2v) is 9.74. The third-order valence-electron chi connectivity index (χ3n) is 5.21. The number of carbonyl (C=O) groups excluding carboxylic acids is 1. The predicted molar refractivity (Wildman–Crippen MR) is 134 cm³/mol. The van der Waals surface area contributed by atoms with E-state index in [9.17, 15) is 13.2 Å². The Morgan fingerprint density at radius 3 is 2.00 bits per heavy atom. The SMILES string of the molecule is CCOc1ccc([C@@H](C)NC(=O)[C@@H](C)N(c2ccc(Oc3ccccc3)cc2)S(C)(=O)=O)cc1. The lowest BCUT2D eigenvalue weighted by atomic mass is 10.1. The number of nitrogens with zero attached hydrogens (tertiary/aromatic N) is 1. The van der Waals surface area contributed by atoms with Crippen LogP contribution in [0.15, 0.2) is 78.9 Å². The third kappa shape index (κ3) is 6.51. The van der Waals surface area contributed by atoms with Gasteiger partial charge in [-0.05, 0) is 74.9 Å². The Balaban J connectivity index is 1.73. The molecule has 0 unspecified atom stereocenters.